The van der Waals surface area contributed by atoms with Crippen LogP contribution in [0.1, 0.15) is 48.7 Å². The van der Waals surface area contributed by atoms with Crippen molar-refractivity contribution in [2.75, 3.05) is 0 Å². The maximum absolute atomic E-state index is 12.2. The molecule has 1 aromatic carbocycles. The van der Waals surface area contributed by atoms with E-state index in [4.69, 9.17) is 4.98 Å². The zero-order valence-corrected chi connectivity index (χ0v) is 12.6. The van der Waals surface area contributed by atoms with Crippen molar-refractivity contribution in [2.45, 2.75) is 37.0 Å². The number of halogens is 1. The van der Waals surface area contributed by atoms with E-state index in [1.54, 1.807) is 0 Å². The minimum Gasteiger partial charge on any atom is -0.309 e. The molecule has 0 radical (unpaired) electrons. The van der Waals surface area contributed by atoms with Gasteiger partial charge in [0.2, 0.25) is 0 Å². The van der Waals surface area contributed by atoms with Gasteiger partial charge < -0.3 is 4.98 Å². The normalized spacial score (nSPS) is 19.9. The molecular formula is C16H15BrN2O. The molecule has 20 heavy (non-hydrogen) atoms. The molecule has 4 heteroatoms. The molecule has 2 aromatic rings. The standard InChI is InChI=1S/C16H15BrN2O/c17-12-13(10-6-7-10)18-15(19-14(12)20)16(8-9-16)11-4-2-1-3-5-11/h1-5,10H,6-9H2,(H,18,19,20). The van der Waals surface area contributed by atoms with Crippen LogP contribution in [0.25, 0.3) is 0 Å². The molecule has 0 amide bonds. The minimum absolute atomic E-state index is 0.0425. The molecule has 0 atom stereocenters. The van der Waals surface area contributed by atoms with E-state index in [2.05, 4.69) is 33.0 Å². The highest BCUT2D eigenvalue weighted by molar-refractivity contribution is 9.10. The van der Waals surface area contributed by atoms with Crippen LogP contribution in [-0.2, 0) is 5.41 Å². The van der Waals surface area contributed by atoms with Crippen LogP contribution < -0.4 is 5.56 Å². The van der Waals surface area contributed by atoms with Crippen LogP contribution in [0.3, 0.4) is 0 Å². The molecule has 2 aliphatic rings. The van der Waals surface area contributed by atoms with Gasteiger partial charge in [-0.1, -0.05) is 30.3 Å². The first-order chi connectivity index (χ1) is 9.71. The Morgan fingerprint density at radius 1 is 1.20 bits per heavy atom. The number of rotatable bonds is 3. The quantitative estimate of drug-likeness (QED) is 0.936. The molecule has 2 saturated carbocycles. The van der Waals surface area contributed by atoms with Crippen molar-refractivity contribution in [3.05, 3.63) is 62.2 Å². The summed E-state index contributed by atoms with van der Waals surface area (Å²) in [5, 5.41) is 0. The van der Waals surface area contributed by atoms with Crippen molar-refractivity contribution in [1.82, 2.24) is 9.97 Å². The summed E-state index contributed by atoms with van der Waals surface area (Å²) in [6, 6.07) is 10.4. The lowest BCUT2D eigenvalue weighted by Gasteiger charge is -2.16. The van der Waals surface area contributed by atoms with Crippen LogP contribution in [0.4, 0.5) is 0 Å². The lowest BCUT2D eigenvalue weighted by molar-refractivity contribution is 0.727. The summed E-state index contributed by atoms with van der Waals surface area (Å²) in [4.78, 5) is 19.9. The lowest BCUT2D eigenvalue weighted by atomic mass is 9.95. The summed E-state index contributed by atoms with van der Waals surface area (Å²) >= 11 is 3.39. The number of hydrogen-bond donors (Lipinski definition) is 1. The largest absolute Gasteiger partial charge is 0.309 e. The van der Waals surface area contributed by atoms with Crippen molar-refractivity contribution in [3.63, 3.8) is 0 Å². The first-order valence-electron chi connectivity index (χ1n) is 7.06. The van der Waals surface area contributed by atoms with Gasteiger partial charge in [-0.15, -0.1) is 0 Å². The van der Waals surface area contributed by atoms with Gasteiger partial charge in [-0.05, 0) is 47.2 Å². The smallest absolute Gasteiger partial charge is 0.265 e. The molecule has 4 rings (SSSR count). The summed E-state index contributed by atoms with van der Waals surface area (Å²) in [5.74, 6) is 1.32. The van der Waals surface area contributed by atoms with Gasteiger partial charge in [0.25, 0.3) is 5.56 Å². The Balaban J connectivity index is 1.85. The summed E-state index contributed by atoms with van der Waals surface area (Å²) in [6.45, 7) is 0. The van der Waals surface area contributed by atoms with Gasteiger partial charge in [-0.3, -0.25) is 4.79 Å². The van der Waals surface area contributed by atoms with Crippen molar-refractivity contribution < 1.29 is 0 Å². The lowest BCUT2D eigenvalue weighted by Crippen LogP contribution is -2.22. The second-order valence-electron chi connectivity index (χ2n) is 5.84. The molecule has 3 nitrogen and oxygen atoms in total. The SMILES string of the molecule is O=c1[nH]c(C2(c3ccccc3)CC2)nc(C2CC2)c1Br. The summed E-state index contributed by atoms with van der Waals surface area (Å²) in [7, 11) is 0. The second kappa shape index (κ2) is 4.29. The van der Waals surface area contributed by atoms with Gasteiger partial charge in [0.15, 0.2) is 0 Å². The molecule has 2 aliphatic carbocycles. The summed E-state index contributed by atoms with van der Waals surface area (Å²) < 4.78 is 0.618. The van der Waals surface area contributed by atoms with Crippen molar-refractivity contribution >= 4 is 15.9 Å². The van der Waals surface area contributed by atoms with E-state index in [9.17, 15) is 4.79 Å². The molecule has 0 saturated heterocycles. The van der Waals surface area contributed by atoms with E-state index in [0.29, 0.717) is 10.4 Å². The topological polar surface area (TPSA) is 45.8 Å². The van der Waals surface area contributed by atoms with Crippen LogP contribution in [0, 0.1) is 0 Å². The Bertz CT molecular complexity index is 715. The molecule has 2 fully saturated rings. The highest BCUT2D eigenvalue weighted by atomic mass is 79.9. The van der Waals surface area contributed by atoms with E-state index >= 15 is 0 Å². The maximum Gasteiger partial charge on any atom is 0.265 e. The fourth-order valence-electron chi connectivity index (χ4n) is 2.87. The number of nitrogens with one attached hydrogen (secondary N) is 1. The van der Waals surface area contributed by atoms with E-state index in [-0.39, 0.29) is 11.0 Å². The van der Waals surface area contributed by atoms with Crippen LogP contribution in [-0.4, -0.2) is 9.97 Å². The van der Waals surface area contributed by atoms with E-state index < -0.39 is 0 Å². The Morgan fingerprint density at radius 2 is 1.90 bits per heavy atom. The van der Waals surface area contributed by atoms with Crippen molar-refractivity contribution in [2.24, 2.45) is 0 Å². The van der Waals surface area contributed by atoms with Crippen LogP contribution in [0.5, 0.6) is 0 Å². The van der Waals surface area contributed by atoms with Gasteiger partial charge in [0.05, 0.1) is 11.1 Å². The third-order valence-corrected chi connectivity index (χ3v) is 5.15. The van der Waals surface area contributed by atoms with Crippen LogP contribution >= 0.6 is 15.9 Å². The van der Waals surface area contributed by atoms with Gasteiger partial charge in [-0.2, -0.15) is 0 Å². The molecule has 1 heterocycles. The molecule has 0 spiro atoms. The molecule has 0 aliphatic heterocycles. The maximum atomic E-state index is 12.2. The van der Waals surface area contributed by atoms with Gasteiger partial charge in [0.1, 0.15) is 10.3 Å². The number of aromatic nitrogens is 2. The zero-order valence-electron chi connectivity index (χ0n) is 11.0. The average Bonchev–Trinajstić information content (AvgIpc) is 3.36. The predicted molar refractivity (Wildman–Crippen MR) is 81.0 cm³/mol. The first-order valence-corrected chi connectivity index (χ1v) is 7.86. The summed E-state index contributed by atoms with van der Waals surface area (Å²) in [5.41, 5.74) is 2.10. The van der Waals surface area contributed by atoms with Gasteiger partial charge in [0, 0.05) is 5.92 Å². The fraction of sp³-hybridized carbons (Fsp3) is 0.375. The van der Waals surface area contributed by atoms with E-state index in [0.717, 1.165) is 37.2 Å². The molecule has 1 aromatic heterocycles. The number of aromatic amines is 1. The number of H-pyrrole nitrogens is 1. The Labute approximate surface area is 125 Å². The highest BCUT2D eigenvalue weighted by Gasteiger charge is 2.48. The zero-order chi connectivity index (χ0) is 13.7. The average molecular weight is 331 g/mol. The van der Waals surface area contributed by atoms with Crippen molar-refractivity contribution in [3.8, 4) is 0 Å². The predicted octanol–water partition coefficient (Wildman–Crippen LogP) is 3.49. The van der Waals surface area contributed by atoms with Crippen molar-refractivity contribution in [1.29, 1.82) is 0 Å². The van der Waals surface area contributed by atoms with Crippen LogP contribution in [0.15, 0.2) is 39.6 Å². The third-order valence-electron chi connectivity index (χ3n) is 4.38. The molecule has 1 N–H and O–H groups in total. The molecule has 0 unspecified atom stereocenters. The number of benzene rings is 1. The monoisotopic (exact) mass is 330 g/mol. The second-order valence-corrected chi connectivity index (χ2v) is 6.63. The van der Waals surface area contributed by atoms with E-state index in [1.165, 1.54) is 5.56 Å². The first kappa shape index (κ1) is 12.3. The van der Waals surface area contributed by atoms with Gasteiger partial charge in [-0.25, -0.2) is 4.98 Å². The van der Waals surface area contributed by atoms with Crippen LogP contribution in [0.2, 0.25) is 0 Å². The Hall–Kier alpha value is -1.42. The molecule has 0 bridgehead atoms. The number of hydrogen-bond acceptors (Lipinski definition) is 2. The van der Waals surface area contributed by atoms with E-state index in [1.807, 2.05) is 18.2 Å². The highest BCUT2D eigenvalue weighted by Crippen LogP contribution is 2.52. The summed E-state index contributed by atoms with van der Waals surface area (Å²) in [6.07, 6.45) is 4.41. The fourth-order valence-corrected chi connectivity index (χ4v) is 3.39. The Morgan fingerprint density at radius 3 is 2.50 bits per heavy atom. The van der Waals surface area contributed by atoms with Gasteiger partial charge >= 0.3 is 0 Å². The third kappa shape index (κ3) is 1.85. The minimum atomic E-state index is -0.0647. The molecule has 102 valence electrons. The number of nitrogens with zero attached hydrogens (tertiary/aromatic N) is 1. The molecular weight excluding hydrogens is 316 g/mol. The Kier molecular flexibility index (Phi) is 2.64.